The van der Waals surface area contributed by atoms with Crippen LogP contribution in [0.25, 0.3) is 0 Å². The molecule has 1 unspecified atom stereocenters. The predicted octanol–water partition coefficient (Wildman–Crippen LogP) is 1.69. The van der Waals surface area contributed by atoms with Crippen LogP contribution in [0.5, 0.6) is 0 Å². The first-order valence-electron chi connectivity index (χ1n) is 3.56. The SMILES string of the molecule is C/C=C/C(O)c1ccccn1. The van der Waals surface area contributed by atoms with Crippen LogP contribution >= 0.6 is 0 Å². The number of nitrogens with zero attached hydrogens (tertiary/aromatic N) is 1. The molecule has 1 N–H and O–H groups in total. The average Bonchev–Trinajstić information content (AvgIpc) is 2.07. The summed E-state index contributed by atoms with van der Waals surface area (Å²) in [6.45, 7) is 1.87. The Hall–Kier alpha value is -1.15. The van der Waals surface area contributed by atoms with E-state index in [9.17, 15) is 5.11 Å². The van der Waals surface area contributed by atoms with E-state index < -0.39 is 6.10 Å². The number of aromatic nitrogens is 1. The lowest BCUT2D eigenvalue weighted by Gasteiger charge is -2.02. The molecule has 1 aromatic rings. The Balaban J connectivity index is 2.76. The Morgan fingerprint density at radius 2 is 2.36 bits per heavy atom. The first-order valence-corrected chi connectivity index (χ1v) is 3.56. The smallest absolute Gasteiger partial charge is 0.114 e. The van der Waals surface area contributed by atoms with Crippen molar-refractivity contribution >= 4 is 0 Å². The molecule has 2 nitrogen and oxygen atoms in total. The maximum absolute atomic E-state index is 9.37. The molecule has 0 aliphatic carbocycles. The molecule has 1 atom stereocenters. The van der Waals surface area contributed by atoms with Crippen molar-refractivity contribution in [2.75, 3.05) is 0 Å². The predicted molar refractivity (Wildman–Crippen MR) is 44.0 cm³/mol. The Bertz CT molecular complexity index is 231. The molecular formula is C9H11NO. The van der Waals surface area contributed by atoms with E-state index in [2.05, 4.69) is 4.98 Å². The van der Waals surface area contributed by atoms with Gasteiger partial charge in [-0.15, -0.1) is 0 Å². The zero-order valence-corrected chi connectivity index (χ0v) is 6.44. The molecule has 11 heavy (non-hydrogen) atoms. The molecule has 0 saturated heterocycles. The van der Waals surface area contributed by atoms with Crippen LogP contribution in [-0.2, 0) is 0 Å². The van der Waals surface area contributed by atoms with Crippen LogP contribution in [0.4, 0.5) is 0 Å². The van der Waals surface area contributed by atoms with E-state index in [1.165, 1.54) is 0 Å². The van der Waals surface area contributed by atoms with Crippen LogP contribution in [0.2, 0.25) is 0 Å². The molecule has 0 aliphatic heterocycles. The van der Waals surface area contributed by atoms with Gasteiger partial charge in [0.25, 0.3) is 0 Å². The number of allylic oxidation sites excluding steroid dienone is 1. The molecule has 58 valence electrons. The quantitative estimate of drug-likeness (QED) is 0.649. The molecule has 1 heterocycles. The van der Waals surface area contributed by atoms with Crippen LogP contribution in [0.1, 0.15) is 18.7 Å². The van der Waals surface area contributed by atoms with E-state index >= 15 is 0 Å². The van der Waals surface area contributed by atoms with Crippen molar-refractivity contribution in [3.05, 3.63) is 42.2 Å². The average molecular weight is 149 g/mol. The van der Waals surface area contributed by atoms with E-state index in [4.69, 9.17) is 0 Å². The Kier molecular flexibility index (Phi) is 2.81. The largest absolute Gasteiger partial charge is 0.383 e. The molecular weight excluding hydrogens is 138 g/mol. The van der Waals surface area contributed by atoms with Crippen LogP contribution in [-0.4, -0.2) is 10.1 Å². The van der Waals surface area contributed by atoms with Gasteiger partial charge in [0.1, 0.15) is 6.10 Å². The van der Waals surface area contributed by atoms with Gasteiger partial charge in [0, 0.05) is 6.20 Å². The third kappa shape index (κ3) is 2.16. The number of hydrogen-bond acceptors (Lipinski definition) is 2. The molecule has 0 fully saturated rings. The van der Waals surface area contributed by atoms with Crippen molar-refractivity contribution in [1.29, 1.82) is 0 Å². The van der Waals surface area contributed by atoms with Crippen molar-refractivity contribution < 1.29 is 5.11 Å². The van der Waals surface area contributed by atoms with E-state index in [1.54, 1.807) is 24.4 Å². The van der Waals surface area contributed by atoms with Gasteiger partial charge in [-0.1, -0.05) is 18.2 Å². The molecule has 0 radical (unpaired) electrons. The second kappa shape index (κ2) is 3.88. The third-order valence-electron chi connectivity index (χ3n) is 1.37. The summed E-state index contributed by atoms with van der Waals surface area (Å²) < 4.78 is 0. The van der Waals surface area contributed by atoms with Crippen LogP contribution in [0, 0.1) is 0 Å². The molecule has 0 amide bonds. The monoisotopic (exact) mass is 149 g/mol. The zero-order chi connectivity index (χ0) is 8.10. The van der Waals surface area contributed by atoms with Gasteiger partial charge in [0.15, 0.2) is 0 Å². The highest BCUT2D eigenvalue weighted by Gasteiger charge is 2.00. The number of rotatable bonds is 2. The number of hydrogen-bond donors (Lipinski definition) is 1. The molecule has 1 rings (SSSR count). The third-order valence-corrected chi connectivity index (χ3v) is 1.37. The van der Waals surface area contributed by atoms with Gasteiger partial charge in [-0.3, -0.25) is 4.98 Å². The second-order valence-electron chi connectivity index (χ2n) is 2.23. The van der Waals surface area contributed by atoms with E-state index in [0.717, 1.165) is 0 Å². The standard InChI is InChI=1S/C9H11NO/c1-2-5-9(11)8-6-3-4-7-10-8/h2-7,9,11H,1H3/b5-2+. The van der Waals surface area contributed by atoms with Gasteiger partial charge in [0.05, 0.1) is 5.69 Å². The summed E-state index contributed by atoms with van der Waals surface area (Å²) in [4.78, 5) is 4.00. The summed E-state index contributed by atoms with van der Waals surface area (Å²) in [6, 6.07) is 5.48. The fraction of sp³-hybridized carbons (Fsp3) is 0.222. The topological polar surface area (TPSA) is 33.1 Å². The van der Waals surface area contributed by atoms with Gasteiger partial charge in [0.2, 0.25) is 0 Å². The van der Waals surface area contributed by atoms with Gasteiger partial charge in [-0.05, 0) is 19.1 Å². The van der Waals surface area contributed by atoms with Crippen LogP contribution < -0.4 is 0 Å². The Morgan fingerprint density at radius 3 is 2.91 bits per heavy atom. The molecule has 0 aliphatic rings. The summed E-state index contributed by atoms with van der Waals surface area (Å²) in [6.07, 6.45) is 4.60. The maximum atomic E-state index is 9.37. The van der Waals surface area contributed by atoms with Crippen molar-refractivity contribution in [2.24, 2.45) is 0 Å². The molecule has 0 aromatic carbocycles. The zero-order valence-electron chi connectivity index (χ0n) is 6.44. The molecule has 0 saturated carbocycles. The van der Waals surface area contributed by atoms with Crippen LogP contribution in [0.15, 0.2) is 36.5 Å². The van der Waals surface area contributed by atoms with Crippen LogP contribution in [0.3, 0.4) is 0 Å². The highest BCUT2D eigenvalue weighted by atomic mass is 16.3. The number of aliphatic hydroxyl groups is 1. The maximum Gasteiger partial charge on any atom is 0.114 e. The minimum Gasteiger partial charge on any atom is -0.383 e. The first kappa shape index (κ1) is 7.95. The summed E-state index contributed by atoms with van der Waals surface area (Å²) in [5.41, 5.74) is 0.686. The Labute approximate surface area is 66.2 Å². The molecule has 1 aromatic heterocycles. The van der Waals surface area contributed by atoms with Crippen molar-refractivity contribution in [1.82, 2.24) is 4.98 Å². The lowest BCUT2D eigenvalue weighted by molar-refractivity contribution is 0.223. The molecule has 2 heteroatoms. The van der Waals surface area contributed by atoms with Crippen molar-refractivity contribution in [3.8, 4) is 0 Å². The van der Waals surface area contributed by atoms with Gasteiger partial charge < -0.3 is 5.11 Å². The van der Waals surface area contributed by atoms with Crippen molar-refractivity contribution in [2.45, 2.75) is 13.0 Å². The fourth-order valence-electron chi connectivity index (χ4n) is 0.832. The lowest BCUT2D eigenvalue weighted by atomic mass is 10.2. The molecule has 0 bridgehead atoms. The summed E-state index contributed by atoms with van der Waals surface area (Å²) >= 11 is 0. The number of pyridine rings is 1. The lowest BCUT2D eigenvalue weighted by Crippen LogP contribution is -1.94. The van der Waals surface area contributed by atoms with E-state index in [0.29, 0.717) is 5.69 Å². The van der Waals surface area contributed by atoms with Gasteiger partial charge >= 0.3 is 0 Å². The summed E-state index contributed by atoms with van der Waals surface area (Å²) in [5.74, 6) is 0. The second-order valence-corrected chi connectivity index (χ2v) is 2.23. The van der Waals surface area contributed by atoms with E-state index in [1.807, 2.05) is 19.1 Å². The summed E-state index contributed by atoms with van der Waals surface area (Å²) in [5, 5.41) is 9.37. The first-order chi connectivity index (χ1) is 5.34. The Morgan fingerprint density at radius 1 is 1.55 bits per heavy atom. The minimum absolute atomic E-state index is 0.568. The molecule has 0 spiro atoms. The highest BCUT2D eigenvalue weighted by Crippen LogP contribution is 2.09. The minimum atomic E-state index is -0.568. The number of aliphatic hydroxyl groups excluding tert-OH is 1. The highest BCUT2D eigenvalue weighted by molar-refractivity contribution is 5.11. The van der Waals surface area contributed by atoms with E-state index in [-0.39, 0.29) is 0 Å². The van der Waals surface area contributed by atoms with Crippen molar-refractivity contribution in [3.63, 3.8) is 0 Å². The summed E-state index contributed by atoms with van der Waals surface area (Å²) in [7, 11) is 0. The fourth-order valence-corrected chi connectivity index (χ4v) is 0.832. The van der Waals surface area contributed by atoms with Gasteiger partial charge in [-0.2, -0.15) is 0 Å². The van der Waals surface area contributed by atoms with Gasteiger partial charge in [-0.25, -0.2) is 0 Å². The normalized spacial score (nSPS) is 13.6.